The highest BCUT2D eigenvalue weighted by Crippen LogP contribution is 2.31. The van der Waals surface area contributed by atoms with Gasteiger partial charge in [-0.05, 0) is 42.0 Å². The third-order valence-electron chi connectivity index (χ3n) is 5.21. The summed E-state index contributed by atoms with van der Waals surface area (Å²) in [6.07, 6.45) is -4.35. The number of aromatic nitrogens is 3. The van der Waals surface area contributed by atoms with Crippen molar-refractivity contribution in [3.63, 3.8) is 0 Å². The number of hydrogen-bond donors (Lipinski definition) is 0. The van der Waals surface area contributed by atoms with Crippen molar-refractivity contribution in [3.05, 3.63) is 65.5 Å². The zero-order valence-electron chi connectivity index (χ0n) is 17.2. The van der Waals surface area contributed by atoms with E-state index >= 15 is 0 Å². The highest BCUT2D eigenvalue weighted by atomic mass is 32.2. The van der Waals surface area contributed by atoms with Gasteiger partial charge in [0.25, 0.3) is 0 Å². The number of ether oxygens (including phenoxy) is 1. The third kappa shape index (κ3) is 5.67. The molecule has 0 unspecified atom stereocenters. The van der Waals surface area contributed by atoms with E-state index in [9.17, 15) is 17.6 Å². The summed E-state index contributed by atoms with van der Waals surface area (Å²) in [5.41, 5.74) is 0.842. The molecule has 0 spiro atoms. The number of halogens is 4. The van der Waals surface area contributed by atoms with Crippen molar-refractivity contribution in [3.8, 4) is 11.4 Å². The molecule has 0 amide bonds. The lowest BCUT2D eigenvalue weighted by molar-refractivity contribution is -0.137. The molecule has 3 aromatic rings. The molecule has 0 saturated carbocycles. The van der Waals surface area contributed by atoms with E-state index in [2.05, 4.69) is 15.1 Å². The maximum Gasteiger partial charge on any atom is 0.416 e. The van der Waals surface area contributed by atoms with Gasteiger partial charge in [0.05, 0.1) is 18.8 Å². The lowest BCUT2D eigenvalue weighted by atomic mass is 10.1. The van der Waals surface area contributed by atoms with Gasteiger partial charge in [-0.15, -0.1) is 10.2 Å². The molecule has 5 nitrogen and oxygen atoms in total. The lowest BCUT2D eigenvalue weighted by Crippen LogP contribution is -2.38. The Hall–Kier alpha value is -2.43. The third-order valence-corrected chi connectivity index (χ3v) is 6.25. The molecule has 1 aromatic heterocycles. The van der Waals surface area contributed by atoms with Crippen molar-refractivity contribution in [1.29, 1.82) is 0 Å². The number of alkyl halides is 3. The molecule has 0 N–H and O–H groups in total. The fourth-order valence-corrected chi connectivity index (χ4v) is 4.33. The average Bonchev–Trinajstić information content (AvgIpc) is 3.20. The van der Waals surface area contributed by atoms with Crippen LogP contribution in [-0.2, 0) is 23.2 Å². The molecular weight excluding hydrogens is 444 g/mol. The van der Waals surface area contributed by atoms with E-state index in [1.165, 1.54) is 36.0 Å². The lowest BCUT2D eigenvalue weighted by Gasteiger charge is -2.27. The molecule has 32 heavy (non-hydrogen) atoms. The van der Waals surface area contributed by atoms with Gasteiger partial charge in [0, 0.05) is 37.5 Å². The van der Waals surface area contributed by atoms with E-state index in [0.29, 0.717) is 36.5 Å². The van der Waals surface area contributed by atoms with Gasteiger partial charge >= 0.3 is 6.18 Å². The number of hydrogen-bond acceptors (Lipinski definition) is 5. The maximum absolute atomic E-state index is 13.4. The second kappa shape index (κ2) is 10.0. The average molecular weight is 467 g/mol. The quantitative estimate of drug-likeness (QED) is 0.372. The molecule has 10 heteroatoms. The van der Waals surface area contributed by atoms with Crippen LogP contribution in [0.4, 0.5) is 17.6 Å². The summed E-state index contributed by atoms with van der Waals surface area (Å²) < 4.78 is 59.1. The van der Waals surface area contributed by atoms with Crippen LogP contribution in [0.3, 0.4) is 0 Å². The van der Waals surface area contributed by atoms with Crippen LogP contribution in [0.2, 0.25) is 0 Å². The van der Waals surface area contributed by atoms with E-state index < -0.39 is 11.7 Å². The first kappa shape index (κ1) is 22.8. The van der Waals surface area contributed by atoms with Gasteiger partial charge in [-0.25, -0.2) is 4.39 Å². The van der Waals surface area contributed by atoms with Crippen molar-refractivity contribution in [2.75, 3.05) is 32.8 Å². The molecule has 4 rings (SSSR count). The molecule has 2 heterocycles. The molecule has 0 radical (unpaired) electrons. The minimum atomic E-state index is -4.35. The van der Waals surface area contributed by atoms with Gasteiger partial charge in [-0.1, -0.05) is 23.9 Å². The number of morpholine rings is 1. The van der Waals surface area contributed by atoms with Crippen LogP contribution in [0.15, 0.2) is 53.7 Å². The first-order valence-corrected chi connectivity index (χ1v) is 11.2. The van der Waals surface area contributed by atoms with Crippen LogP contribution in [0.1, 0.15) is 11.1 Å². The fraction of sp³-hybridized carbons (Fsp3) is 0.364. The second-order valence-electron chi connectivity index (χ2n) is 7.40. The summed E-state index contributed by atoms with van der Waals surface area (Å²) in [6, 6.07) is 11.2. The maximum atomic E-state index is 13.4. The predicted octanol–water partition coefficient (Wildman–Crippen LogP) is 4.73. The second-order valence-corrected chi connectivity index (χ2v) is 8.34. The van der Waals surface area contributed by atoms with E-state index in [0.717, 1.165) is 42.9 Å². The summed E-state index contributed by atoms with van der Waals surface area (Å²) in [4.78, 5) is 2.29. The van der Waals surface area contributed by atoms with Gasteiger partial charge in [0.1, 0.15) is 5.82 Å². The van der Waals surface area contributed by atoms with Crippen molar-refractivity contribution in [2.24, 2.45) is 0 Å². The van der Waals surface area contributed by atoms with Gasteiger partial charge in [0.15, 0.2) is 11.0 Å². The SMILES string of the molecule is Fc1ccc(-c2nnc(SCc3ccc(C(F)(F)F)cc3)n2CCN2CCOCC2)cc1. The molecule has 0 bridgehead atoms. The molecule has 170 valence electrons. The Balaban J connectivity index is 1.51. The highest BCUT2D eigenvalue weighted by molar-refractivity contribution is 7.98. The smallest absolute Gasteiger partial charge is 0.379 e. The number of nitrogens with zero attached hydrogens (tertiary/aromatic N) is 4. The molecule has 1 saturated heterocycles. The van der Waals surface area contributed by atoms with Crippen molar-refractivity contribution >= 4 is 11.8 Å². The predicted molar refractivity (Wildman–Crippen MR) is 114 cm³/mol. The monoisotopic (exact) mass is 466 g/mol. The van der Waals surface area contributed by atoms with Crippen LogP contribution < -0.4 is 0 Å². The van der Waals surface area contributed by atoms with Gasteiger partial charge in [-0.3, -0.25) is 4.90 Å². The Kier molecular flexibility index (Phi) is 7.12. The van der Waals surface area contributed by atoms with E-state index in [4.69, 9.17) is 4.74 Å². The zero-order valence-corrected chi connectivity index (χ0v) is 18.0. The van der Waals surface area contributed by atoms with Gasteiger partial charge in [-0.2, -0.15) is 13.2 Å². The zero-order chi connectivity index (χ0) is 22.6. The molecule has 0 aliphatic carbocycles. The minimum absolute atomic E-state index is 0.329. The van der Waals surface area contributed by atoms with Crippen LogP contribution >= 0.6 is 11.8 Å². The van der Waals surface area contributed by atoms with Crippen LogP contribution in [0.5, 0.6) is 0 Å². The van der Waals surface area contributed by atoms with E-state index in [1.54, 1.807) is 12.1 Å². The number of rotatable bonds is 7. The van der Waals surface area contributed by atoms with Gasteiger partial charge < -0.3 is 9.30 Å². The van der Waals surface area contributed by atoms with Crippen LogP contribution in [0, 0.1) is 5.82 Å². The Labute approximate surface area is 187 Å². The molecule has 1 aliphatic heterocycles. The topological polar surface area (TPSA) is 43.2 Å². The number of thioether (sulfide) groups is 1. The Morgan fingerprint density at radius 3 is 2.25 bits per heavy atom. The fourth-order valence-electron chi connectivity index (χ4n) is 3.41. The normalized spacial score (nSPS) is 15.2. The summed E-state index contributed by atoms with van der Waals surface area (Å²) in [7, 11) is 0. The largest absolute Gasteiger partial charge is 0.416 e. The summed E-state index contributed by atoms with van der Waals surface area (Å²) >= 11 is 1.41. The van der Waals surface area contributed by atoms with E-state index in [-0.39, 0.29) is 5.82 Å². The Morgan fingerprint density at radius 2 is 1.59 bits per heavy atom. The minimum Gasteiger partial charge on any atom is -0.379 e. The van der Waals surface area contributed by atoms with Crippen molar-refractivity contribution in [2.45, 2.75) is 23.6 Å². The molecule has 1 aliphatic rings. The summed E-state index contributed by atoms with van der Waals surface area (Å²) in [5, 5.41) is 9.29. The van der Waals surface area contributed by atoms with Crippen LogP contribution in [0.25, 0.3) is 11.4 Å². The number of benzene rings is 2. The summed E-state index contributed by atoms with van der Waals surface area (Å²) in [6.45, 7) is 4.51. The molecular formula is C22H22F4N4OS. The highest BCUT2D eigenvalue weighted by Gasteiger charge is 2.30. The Morgan fingerprint density at radius 1 is 0.906 bits per heavy atom. The summed E-state index contributed by atoms with van der Waals surface area (Å²) in [5.74, 6) is 0.759. The standard InChI is InChI=1S/C22H22F4N4OS/c23-19-7-3-17(4-8-19)20-27-28-21(30(20)10-9-29-11-13-31-14-12-29)32-15-16-1-5-18(6-2-16)22(24,25)26/h1-8H,9-15H2. The molecule has 2 aromatic carbocycles. The molecule has 1 fully saturated rings. The first-order valence-electron chi connectivity index (χ1n) is 10.2. The molecule has 0 atom stereocenters. The van der Waals surface area contributed by atoms with Crippen LogP contribution in [-0.4, -0.2) is 52.5 Å². The van der Waals surface area contributed by atoms with Gasteiger partial charge in [0.2, 0.25) is 0 Å². The van der Waals surface area contributed by atoms with Crippen molar-refractivity contribution in [1.82, 2.24) is 19.7 Å². The van der Waals surface area contributed by atoms with Crippen molar-refractivity contribution < 1.29 is 22.3 Å². The Bertz CT molecular complexity index is 1020. The van der Waals surface area contributed by atoms with E-state index in [1.807, 2.05) is 4.57 Å². The first-order chi connectivity index (χ1) is 15.4.